The van der Waals surface area contributed by atoms with Gasteiger partial charge >= 0.3 is 0 Å². The van der Waals surface area contributed by atoms with Crippen LogP contribution >= 0.6 is 35.0 Å². The van der Waals surface area contributed by atoms with Crippen LogP contribution in [0, 0.1) is 5.82 Å². The lowest BCUT2D eigenvalue weighted by atomic mass is 10.1. The van der Waals surface area contributed by atoms with Crippen LogP contribution < -0.4 is 0 Å². The van der Waals surface area contributed by atoms with Crippen LogP contribution in [0.1, 0.15) is 25.0 Å². The molecule has 0 saturated heterocycles. The fraction of sp³-hybridized carbons (Fsp3) is 0.200. The van der Waals surface area contributed by atoms with E-state index in [9.17, 15) is 14.0 Å². The second-order valence-electron chi connectivity index (χ2n) is 6.32. The van der Waals surface area contributed by atoms with Crippen LogP contribution in [0.2, 0.25) is 10.0 Å². The van der Waals surface area contributed by atoms with Gasteiger partial charge in [0, 0.05) is 15.8 Å². The number of nitrogens with zero attached hydrogens (tertiary/aromatic N) is 1. The van der Waals surface area contributed by atoms with Crippen LogP contribution in [0.4, 0.5) is 4.39 Å². The summed E-state index contributed by atoms with van der Waals surface area (Å²) in [7, 11) is 0. The number of rotatable bonds is 5. The van der Waals surface area contributed by atoms with Crippen molar-refractivity contribution in [2.75, 3.05) is 0 Å². The highest BCUT2D eigenvalue weighted by Crippen LogP contribution is 2.41. The zero-order chi connectivity index (χ0) is 19.7. The Labute approximate surface area is 171 Å². The molecule has 7 heteroatoms. The number of benzene rings is 2. The van der Waals surface area contributed by atoms with Crippen LogP contribution in [-0.4, -0.2) is 22.0 Å². The van der Waals surface area contributed by atoms with Gasteiger partial charge in [0.15, 0.2) is 0 Å². The number of imide groups is 1. The molecule has 2 aromatic carbocycles. The predicted octanol–water partition coefficient (Wildman–Crippen LogP) is 5.55. The molecule has 3 nitrogen and oxygen atoms in total. The van der Waals surface area contributed by atoms with Gasteiger partial charge in [-0.2, -0.15) is 0 Å². The molecule has 0 spiro atoms. The first-order chi connectivity index (χ1) is 12.8. The van der Waals surface area contributed by atoms with Crippen molar-refractivity contribution < 1.29 is 14.0 Å². The van der Waals surface area contributed by atoms with Crippen molar-refractivity contribution in [3.05, 3.63) is 74.4 Å². The van der Waals surface area contributed by atoms with Crippen LogP contribution in [0.25, 0.3) is 5.57 Å². The number of amides is 2. The van der Waals surface area contributed by atoms with Crippen LogP contribution in [0.15, 0.2) is 47.4 Å². The van der Waals surface area contributed by atoms with E-state index in [1.54, 1.807) is 30.3 Å². The summed E-state index contributed by atoms with van der Waals surface area (Å²) in [5.41, 5.74) is 1.42. The van der Waals surface area contributed by atoms with E-state index in [4.69, 9.17) is 23.2 Å². The molecule has 27 heavy (non-hydrogen) atoms. The normalized spacial score (nSPS) is 14.7. The molecule has 0 fully saturated rings. The zero-order valence-corrected chi connectivity index (χ0v) is 17.0. The summed E-state index contributed by atoms with van der Waals surface area (Å²) in [6.07, 6.45) is 0. The van der Waals surface area contributed by atoms with Gasteiger partial charge in [0.25, 0.3) is 11.8 Å². The first-order valence-electron chi connectivity index (χ1n) is 8.25. The molecule has 0 radical (unpaired) electrons. The highest BCUT2D eigenvalue weighted by molar-refractivity contribution is 8.04. The van der Waals surface area contributed by atoms with Gasteiger partial charge in [-0.05, 0) is 29.8 Å². The fourth-order valence-corrected chi connectivity index (χ4v) is 4.25. The minimum absolute atomic E-state index is 0.0643. The Morgan fingerprint density at radius 2 is 1.70 bits per heavy atom. The van der Waals surface area contributed by atoms with Crippen molar-refractivity contribution in [3.8, 4) is 0 Å². The smallest absolute Gasteiger partial charge is 0.268 e. The summed E-state index contributed by atoms with van der Waals surface area (Å²) < 4.78 is 13.1. The van der Waals surface area contributed by atoms with Gasteiger partial charge in [-0.3, -0.25) is 14.5 Å². The molecule has 0 saturated carbocycles. The average Bonchev–Trinajstić information content (AvgIpc) is 2.81. The van der Waals surface area contributed by atoms with Crippen LogP contribution in [0.5, 0.6) is 0 Å². The Hall–Kier alpha value is -1.82. The van der Waals surface area contributed by atoms with Crippen LogP contribution in [-0.2, 0) is 16.1 Å². The Morgan fingerprint density at radius 1 is 1.04 bits per heavy atom. The third-order valence-corrected chi connectivity index (χ3v) is 5.57. The van der Waals surface area contributed by atoms with E-state index in [0.717, 1.165) is 4.90 Å². The lowest BCUT2D eigenvalue weighted by molar-refractivity contribution is -0.137. The predicted molar refractivity (Wildman–Crippen MR) is 108 cm³/mol. The van der Waals surface area contributed by atoms with Crippen molar-refractivity contribution in [2.45, 2.75) is 25.6 Å². The molecular formula is C20H16Cl2FNO2S. The molecular weight excluding hydrogens is 408 g/mol. The number of hydrogen-bond donors (Lipinski definition) is 0. The molecule has 0 unspecified atom stereocenters. The van der Waals surface area contributed by atoms with E-state index in [2.05, 4.69) is 0 Å². The second-order valence-corrected chi connectivity index (χ2v) is 8.75. The third kappa shape index (κ3) is 4.21. The highest BCUT2D eigenvalue weighted by Gasteiger charge is 2.40. The third-order valence-electron chi connectivity index (χ3n) is 3.93. The fourth-order valence-electron chi connectivity index (χ4n) is 2.74. The molecule has 2 aromatic rings. The van der Waals surface area contributed by atoms with Gasteiger partial charge in [0.05, 0.1) is 22.0 Å². The maximum absolute atomic E-state index is 13.1. The summed E-state index contributed by atoms with van der Waals surface area (Å²) in [5, 5.41) is 0.857. The Kier molecular flexibility index (Phi) is 5.94. The number of carbonyl (C=O) groups is 2. The lowest BCUT2D eigenvalue weighted by Crippen LogP contribution is -2.31. The Bertz CT molecular complexity index is 941. The van der Waals surface area contributed by atoms with Crippen LogP contribution in [0.3, 0.4) is 0 Å². The van der Waals surface area contributed by atoms with Gasteiger partial charge in [-0.25, -0.2) is 4.39 Å². The summed E-state index contributed by atoms with van der Waals surface area (Å²) >= 11 is 13.6. The zero-order valence-electron chi connectivity index (χ0n) is 14.6. The standard InChI is InChI=1S/C20H16Cl2FNO2S/c1-11(2)27-18-17(15-8-5-13(21)9-16(15)22)19(25)24(20(18)26)10-12-3-6-14(23)7-4-12/h3-9,11H,10H2,1-2H3. The number of carbonyl (C=O) groups excluding carboxylic acids is 2. The van der Waals surface area contributed by atoms with Crippen molar-refractivity contribution >= 4 is 52.4 Å². The number of halogens is 3. The first-order valence-corrected chi connectivity index (χ1v) is 9.88. The quantitative estimate of drug-likeness (QED) is 0.591. The molecule has 0 bridgehead atoms. The SMILES string of the molecule is CC(C)SC1=C(c2ccc(Cl)cc2Cl)C(=O)N(Cc2ccc(F)cc2)C1=O. The summed E-state index contributed by atoms with van der Waals surface area (Å²) in [6, 6.07) is 10.5. The molecule has 2 amide bonds. The first kappa shape index (κ1) is 19.9. The second kappa shape index (κ2) is 8.05. The van der Waals surface area contributed by atoms with Crippen molar-refractivity contribution in [2.24, 2.45) is 0 Å². The molecule has 0 aliphatic carbocycles. The maximum Gasteiger partial charge on any atom is 0.268 e. The van der Waals surface area contributed by atoms with Gasteiger partial charge in [0.1, 0.15) is 5.82 Å². The highest BCUT2D eigenvalue weighted by atomic mass is 35.5. The molecule has 1 heterocycles. The monoisotopic (exact) mass is 423 g/mol. The van der Waals surface area contributed by atoms with E-state index in [-0.39, 0.29) is 29.1 Å². The molecule has 0 atom stereocenters. The van der Waals surface area contributed by atoms with E-state index in [0.29, 0.717) is 26.1 Å². The molecule has 0 aromatic heterocycles. The molecule has 0 N–H and O–H groups in total. The number of thioether (sulfide) groups is 1. The van der Waals surface area contributed by atoms with E-state index < -0.39 is 5.91 Å². The van der Waals surface area contributed by atoms with Crippen molar-refractivity contribution in [1.29, 1.82) is 0 Å². The van der Waals surface area contributed by atoms with Gasteiger partial charge in [0.2, 0.25) is 0 Å². The average molecular weight is 424 g/mol. The molecule has 1 aliphatic heterocycles. The Balaban J connectivity index is 2.02. The topological polar surface area (TPSA) is 37.4 Å². The van der Waals surface area contributed by atoms with Crippen molar-refractivity contribution in [3.63, 3.8) is 0 Å². The largest absolute Gasteiger partial charge is 0.269 e. The summed E-state index contributed by atoms with van der Waals surface area (Å²) in [4.78, 5) is 27.6. The Morgan fingerprint density at radius 3 is 2.30 bits per heavy atom. The number of hydrogen-bond acceptors (Lipinski definition) is 3. The molecule has 140 valence electrons. The molecule has 3 rings (SSSR count). The summed E-state index contributed by atoms with van der Waals surface area (Å²) in [5.74, 6) is -1.17. The lowest BCUT2D eigenvalue weighted by Gasteiger charge is -2.15. The minimum atomic E-state index is -0.420. The van der Waals surface area contributed by atoms with E-state index >= 15 is 0 Å². The molecule has 1 aliphatic rings. The van der Waals surface area contributed by atoms with E-state index in [1.807, 2.05) is 13.8 Å². The minimum Gasteiger partial charge on any atom is -0.269 e. The van der Waals surface area contributed by atoms with Gasteiger partial charge in [-0.15, -0.1) is 11.8 Å². The van der Waals surface area contributed by atoms with Gasteiger partial charge < -0.3 is 0 Å². The van der Waals surface area contributed by atoms with Crippen molar-refractivity contribution in [1.82, 2.24) is 4.90 Å². The van der Waals surface area contributed by atoms with Gasteiger partial charge in [-0.1, -0.05) is 55.2 Å². The summed E-state index contributed by atoms with van der Waals surface area (Å²) in [6.45, 7) is 3.95. The maximum atomic E-state index is 13.1. The van der Waals surface area contributed by atoms with E-state index in [1.165, 1.54) is 23.9 Å².